The second kappa shape index (κ2) is 59.8. The van der Waals surface area contributed by atoms with Crippen LogP contribution in [-0.2, 0) is 65.4 Å². The molecule has 0 aromatic heterocycles. The maximum absolute atomic E-state index is 13.0. The van der Waals surface area contributed by atoms with Crippen molar-refractivity contribution in [1.82, 2.24) is 0 Å². The first kappa shape index (κ1) is 87.1. The smallest absolute Gasteiger partial charge is 0.462 e. The Balaban J connectivity index is 5.25. The van der Waals surface area contributed by atoms with E-state index in [2.05, 4.69) is 55.4 Å². The molecule has 0 aliphatic carbocycles. The Labute approximate surface area is 543 Å². The maximum atomic E-state index is 13.0. The van der Waals surface area contributed by atoms with Crippen molar-refractivity contribution in [1.29, 1.82) is 0 Å². The van der Waals surface area contributed by atoms with E-state index >= 15 is 0 Å². The summed E-state index contributed by atoms with van der Waals surface area (Å²) in [5.41, 5.74) is 0. The molecule has 8 atom stereocenters. The monoisotopic (exact) mass is 1310 g/mol. The normalized spacial score (nSPS) is 15.2. The molecule has 0 aliphatic rings. The quantitative estimate of drug-likeness (QED) is 0.0222. The first-order valence-electron chi connectivity index (χ1n) is 36.3. The van der Waals surface area contributed by atoms with Gasteiger partial charge in [-0.2, -0.15) is 0 Å². The summed E-state index contributed by atoms with van der Waals surface area (Å²) >= 11 is 0. The van der Waals surface area contributed by atoms with Crippen LogP contribution in [0.4, 0.5) is 0 Å². The van der Waals surface area contributed by atoms with Crippen molar-refractivity contribution in [3.05, 3.63) is 0 Å². The lowest BCUT2D eigenvalue weighted by Crippen LogP contribution is -2.30. The van der Waals surface area contributed by atoms with Gasteiger partial charge in [0.15, 0.2) is 12.2 Å². The van der Waals surface area contributed by atoms with Crippen LogP contribution < -0.4 is 0 Å². The van der Waals surface area contributed by atoms with E-state index in [-0.39, 0.29) is 25.7 Å². The van der Waals surface area contributed by atoms with Crippen molar-refractivity contribution in [2.45, 2.75) is 363 Å². The predicted octanol–water partition coefficient (Wildman–Crippen LogP) is 19.7. The molecular weight excluding hydrogens is 1170 g/mol. The molecule has 0 spiro atoms. The first-order valence-corrected chi connectivity index (χ1v) is 39.3. The number of carbonyl (C=O) groups excluding carboxylic acids is 4. The van der Waals surface area contributed by atoms with E-state index < -0.39 is 97.5 Å². The number of ether oxygens (including phenoxy) is 4. The van der Waals surface area contributed by atoms with Gasteiger partial charge in [0.25, 0.3) is 0 Å². The van der Waals surface area contributed by atoms with Crippen molar-refractivity contribution in [2.24, 2.45) is 23.7 Å². The van der Waals surface area contributed by atoms with Gasteiger partial charge in [0.2, 0.25) is 0 Å². The molecule has 0 heterocycles. The van der Waals surface area contributed by atoms with Gasteiger partial charge in [-0.3, -0.25) is 37.3 Å². The molecule has 17 nitrogen and oxygen atoms in total. The third-order valence-electron chi connectivity index (χ3n) is 17.2. The Morgan fingerprint density at radius 1 is 0.315 bits per heavy atom. The standard InChI is InChI=1S/C70H136O17P2/c1-9-61(6)47-39-31-23-19-16-17-20-24-34-42-50-67(72)80-56-66(87-70(75)53-45-37-29-27-33-41-49-63(8)11-3)59-85-89(78,79)83-55-64(71)54-82-88(76,77)84-58-65(57-81-68(73)51-43-35-28-26-32-40-48-62(7)10-2)86-69(74)52-44-36-25-21-15-13-12-14-18-22-30-38-46-60(4)5/h60-66,71H,9-59H2,1-8H3,(H,76,77)(H,78,79)/t61?,62?,63?,64-,65+,66+/m0/s1. The molecule has 0 saturated carbocycles. The van der Waals surface area contributed by atoms with E-state index in [1.54, 1.807) is 0 Å². The second-order valence-corrected chi connectivity index (χ2v) is 29.4. The van der Waals surface area contributed by atoms with Crippen LogP contribution in [0.15, 0.2) is 0 Å². The van der Waals surface area contributed by atoms with Gasteiger partial charge in [-0.1, -0.05) is 293 Å². The highest BCUT2D eigenvalue weighted by Gasteiger charge is 2.30. The lowest BCUT2D eigenvalue weighted by Gasteiger charge is -2.21. The summed E-state index contributed by atoms with van der Waals surface area (Å²) in [5.74, 6) is 0.905. The number of esters is 4. The van der Waals surface area contributed by atoms with Gasteiger partial charge in [-0.05, 0) is 49.4 Å². The first-order chi connectivity index (χ1) is 42.7. The third-order valence-corrected chi connectivity index (χ3v) is 19.1. The van der Waals surface area contributed by atoms with Crippen molar-refractivity contribution in [3.63, 3.8) is 0 Å². The van der Waals surface area contributed by atoms with Crippen LogP contribution in [0.1, 0.15) is 344 Å². The van der Waals surface area contributed by atoms with Crippen LogP contribution in [0.5, 0.6) is 0 Å². The van der Waals surface area contributed by atoms with Crippen LogP contribution in [0.3, 0.4) is 0 Å². The van der Waals surface area contributed by atoms with Gasteiger partial charge in [0, 0.05) is 25.7 Å². The van der Waals surface area contributed by atoms with Crippen LogP contribution in [-0.4, -0.2) is 96.7 Å². The summed E-state index contributed by atoms with van der Waals surface area (Å²) in [4.78, 5) is 72.5. The van der Waals surface area contributed by atoms with Crippen molar-refractivity contribution in [2.75, 3.05) is 39.6 Å². The van der Waals surface area contributed by atoms with E-state index in [4.69, 9.17) is 37.0 Å². The van der Waals surface area contributed by atoms with Crippen molar-refractivity contribution >= 4 is 39.5 Å². The molecule has 0 bridgehead atoms. The Morgan fingerprint density at radius 2 is 0.539 bits per heavy atom. The summed E-state index contributed by atoms with van der Waals surface area (Å²) < 4.78 is 68.3. The van der Waals surface area contributed by atoms with Crippen LogP contribution in [0, 0.1) is 23.7 Å². The zero-order valence-electron chi connectivity index (χ0n) is 58.1. The zero-order valence-corrected chi connectivity index (χ0v) is 59.8. The van der Waals surface area contributed by atoms with Crippen LogP contribution in [0.25, 0.3) is 0 Å². The minimum Gasteiger partial charge on any atom is -0.462 e. The molecule has 0 fully saturated rings. The minimum absolute atomic E-state index is 0.102. The molecule has 19 heteroatoms. The molecule has 3 N–H and O–H groups in total. The maximum Gasteiger partial charge on any atom is 0.472 e. The summed E-state index contributed by atoms with van der Waals surface area (Å²) in [6.45, 7) is 14.1. The fourth-order valence-corrected chi connectivity index (χ4v) is 12.0. The fraction of sp³-hybridized carbons (Fsp3) is 0.943. The second-order valence-electron chi connectivity index (χ2n) is 26.5. The number of hydrogen-bond donors (Lipinski definition) is 3. The molecule has 0 aromatic carbocycles. The van der Waals surface area contributed by atoms with Crippen molar-refractivity contribution < 1.29 is 80.2 Å². The number of phosphoric ester groups is 2. The topological polar surface area (TPSA) is 237 Å². The molecule has 0 radical (unpaired) electrons. The number of carbonyl (C=O) groups is 4. The highest BCUT2D eigenvalue weighted by atomic mass is 31.2. The van der Waals surface area contributed by atoms with E-state index in [1.165, 1.54) is 141 Å². The molecule has 89 heavy (non-hydrogen) atoms. The molecule has 0 rings (SSSR count). The van der Waals surface area contributed by atoms with E-state index in [1.807, 2.05) is 0 Å². The predicted molar refractivity (Wildman–Crippen MR) is 358 cm³/mol. The van der Waals surface area contributed by atoms with E-state index in [0.717, 1.165) is 120 Å². The van der Waals surface area contributed by atoms with Gasteiger partial charge >= 0.3 is 39.5 Å². The number of unbranched alkanes of at least 4 members (excludes halogenated alkanes) is 30. The van der Waals surface area contributed by atoms with E-state index in [9.17, 15) is 43.2 Å². The van der Waals surface area contributed by atoms with Crippen LogP contribution in [0.2, 0.25) is 0 Å². The summed E-state index contributed by atoms with van der Waals surface area (Å²) in [5, 5.41) is 10.6. The number of hydrogen-bond acceptors (Lipinski definition) is 15. The number of phosphoric acid groups is 2. The Bertz CT molecular complexity index is 1770. The Morgan fingerprint density at radius 3 is 0.798 bits per heavy atom. The lowest BCUT2D eigenvalue weighted by molar-refractivity contribution is -0.161. The average molecular weight is 1310 g/mol. The molecule has 528 valence electrons. The highest BCUT2D eigenvalue weighted by Crippen LogP contribution is 2.45. The van der Waals surface area contributed by atoms with Gasteiger partial charge < -0.3 is 33.8 Å². The molecule has 0 amide bonds. The molecule has 5 unspecified atom stereocenters. The molecule has 0 aliphatic heterocycles. The van der Waals surface area contributed by atoms with Gasteiger partial charge in [0.1, 0.15) is 19.3 Å². The largest absolute Gasteiger partial charge is 0.472 e. The van der Waals surface area contributed by atoms with Gasteiger partial charge in [-0.25, -0.2) is 9.13 Å². The van der Waals surface area contributed by atoms with Crippen molar-refractivity contribution in [3.8, 4) is 0 Å². The number of aliphatic hydroxyl groups excluding tert-OH is 1. The average Bonchev–Trinajstić information content (AvgIpc) is 3.68. The molecule has 0 saturated heterocycles. The van der Waals surface area contributed by atoms with Gasteiger partial charge in [-0.15, -0.1) is 0 Å². The number of aliphatic hydroxyl groups is 1. The number of rotatable bonds is 67. The van der Waals surface area contributed by atoms with E-state index in [0.29, 0.717) is 25.7 Å². The zero-order chi connectivity index (χ0) is 66.1. The van der Waals surface area contributed by atoms with Crippen LogP contribution >= 0.6 is 15.6 Å². The summed E-state index contributed by atoms with van der Waals surface area (Å²) in [6, 6.07) is 0. The van der Waals surface area contributed by atoms with Gasteiger partial charge in [0.05, 0.1) is 26.4 Å². The molecular formula is C70H136O17P2. The fourth-order valence-electron chi connectivity index (χ4n) is 10.4. The summed E-state index contributed by atoms with van der Waals surface area (Å²) in [7, 11) is -9.90. The Hall–Kier alpha value is -1.94. The lowest BCUT2D eigenvalue weighted by atomic mass is 9.99. The SMILES string of the molecule is CCC(C)CCCCCCCCCCCCC(=O)OC[C@H](COP(=O)(O)OC[C@@H](O)COP(=O)(O)OC[C@@H](COC(=O)CCCCCCCCC(C)CC)OC(=O)CCCCCCCCCCCCCCC(C)C)OC(=O)CCCCCCCCC(C)CC. The highest BCUT2D eigenvalue weighted by molar-refractivity contribution is 7.47. The minimum atomic E-state index is -4.95. The Kier molecular flexibility index (Phi) is 58.5. The summed E-state index contributed by atoms with van der Waals surface area (Å²) in [6.07, 6.45) is 41.6. The third kappa shape index (κ3) is 60.7. The molecule has 0 aromatic rings.